The first kappa shape index (κ1) is 20.3. The van der Waals surface area contributed by atoms with Crippen LogP contribution in [-0.4, -0.2) is 19.5 Å². The number of aromatic nitrogens is 4. The fourth-order valence-corrected chi connectivity index (χ4v) is 4.30. The third-order valence-corrected chi connectivity index (χ3v) is 6.01. The van der Waals surface area contributed by atoms with E-state index in [2.05, 4.69) is 15.5 Å². The van der Waals surface area contributed by atoms with Crippen LogP contribution in [0.1, 0.15) is 16.7 Å². The van der Waals surface area contributed by atoms with Gasteiger partial charge >= 0.3 is 5.56 Å². The first-order valence-corrected chi connectivity index (χ1v) is 10.7. The molecule has 4 rings (SSSR count). The number of aryl methyl sites for hydroxylation is 2. The van der Waals surface area contributed by atoms with E-state index in [-0.39, 0.29) is 11.4 Å². The number of nitrogens with one attached hydrogen (secondary N) is 1. The van der Waals surface area contributed by atoms with Crippen molar-refractivity contribution in [2.24, 2.45) is 0 Å². The minimum atomic E-state index is -0.287. The van der Waals surface area contributed by atoms with Crippen LogP contribution >= 0.6 is 23.4 Å². The summed E-state index contributed by atoms with van der Waals surface area (Å²) in [6.45, 7) is 3.97. The summed E-state index contributed by atoms with van der Waals surface area (Å²) in [7, 11) is 0. The Morgan fingerprint density at radius 3 is 2.37 bits per heavy atom. The lowest BCUT2D eigenvalue weighted by Crippen LogP contribution is -2.30. The molecule has 0 saturated heterocycles. The van der Waals surface area contributed by atoms with Crippen molar-refractivity contribution in [3.8, 4) is 0 Å². The molecule has 2 heterocycles. The Hall–Kier alpha value is -3.03. The maximum atomic E-state index is 13.3. The second-order valence-electron chi connectivity index (χ2n) is 6.78. The van der Waals surface area contributed by atoms with Gasteiger partial charge in [0.1, 0.15) is 0 Å². The van der Waals surface area contributed by atoms with Gasteiger partial charge in [-0.1, -0.05) is 59.8 Å². The number of benzene rings is 2. The number of thioether (sulfide) groups is 1. The van der Waals surface area contributed by atoms with Crippen LogP contribution in [0.4, 0.5) is 11.5 Å². The molecule has 0 aliphatic carbocycles. The Labute approximate surface area is 183 Å². The van der Waals surface area contributed by atoms with Gasteiger partial charge in [-0.2, -0.15) is 4.68 Å². The third-order valence-electron chi connectivity index (χ3n) is 4.67. The van der Waals surface area contributed by atoms with Gasteiger partial charge in [0, 0.05) is 28.9 Å². The molecule has 1 N–H and O–H groups in total. The van der Waals surface area contributed by atoms with Crippen LogP contribution < -0.4 is 10.9 Å². The van der Waals surface area contributed by atoms with E-state index in [4.69, 9.17) is 11.6 Å². The van der Waals surface area contributed by atoms with Crippen molar-refractivity contribution in [1.82, 2.24) is 19.5 Å². The van der Waals surface area contributed by atoms with Crippen LogP contribution in [0.3, 0.4) is 0 Å². The van der Waals surface area contributed by atoms with Crippen LogP contribution in [0.25, 0.3) is 0 Å². The van der Waals surface area contributed by atoms with E-state index in [1.807, 2.05) is 68.4 Å². The minimum absolute atomic E-state index is 0.170. The first-order valence-electron chi connectivity index (χ1n) is 9.37. The van der Waals surface area contributed by atoms with Crippen LogP contribution in [0, 0.1) is 13.8 Å². The normalized spacial score (nSPS) is 10.9. The zero-order chi connectivity index (χ0) is 21.1. The van der Waals surface area contributed by atoms with Crippen molar-refractivity contribution in [2.75, 3.05) is 5.32 Å². The summed E-state index contributed by atoms with van der Waals surface area (Å²) < 4.78 is 3.20. The summed E-state index contributed by atoms with van der Waals surface area (Å²) in [6.07, 6.45) is 3.59. The Balaban J connectivity index is 1.72. The molecular weight excluding hydrogens is 418 g/mol. The van der Waals surface area contributed by atoms with Crippen LogP contribution in [-0.2, 0) is 5.75 Å². The Kier molecular flexibility index (Phi) is 5.92. The predicted octanol–water partition coefficient (Wildman–Crippen LogP) is 5.06. The molecule has 0 atom stereocenters. The summed E-state index contributed by atoms with van der Waals surface area (Å²) in [5, 5.41) is 12.9. The molecule has 0 amide bonds. The maximum Gasteiger partial charge on any atom is 0.316 e. The monoisotopic (exact) mass is 437 g/mol. The van der Waals surface area contributed by atoms with E-state index < -0.39 is 0 Å². The fourth-order valence-electron chi connectivity index (χ4n) is 3.08. The molecule has 152 valence electrons. The van der Waals surface area contributed by atoms with Gasteiger partial charge in [-0.05, 0) is 48.7 Å². The predicted molar refractivity (Wildman–Crippen MR) is 122 cm³/mol. The molecule has 0 aliphatic heterocycles. The smallest absolute Gasteiger partial charge is 0.316 e. The average Bonchev–Trinajstić information content (AvgIpc) is 3.26. The van der Waals surface area contributed by atoms with Gasteiger partial charge in [-0.3, -0.25) is 9.47 Å². The van der Waals surface area contributed by atoms with Gasteiger partial charge < -0.3 is 5.32 Å². The van der Waals surface area contributed by atoms with E-state index in [9.17, 15) is 4.79 Å². The van der Waals surface area contributed by atoms with Crippen molar-refractivity contribution in [3.63, 3.8) is 0 Å². The van der Waals surface area contributed by atoms with Crippen molar-refractivity contribution in [2.45, 2.75) is 24.8 Å². The zero-order valence-electron chi connectivity index (χ0n) is 16.5. The van der Waals surface area contributed by atoms with Gasteiger partial charge in [0.05, 0.1) is 0 Å². The number of hydrogen-bond acceptors (Lipinski definition) is 5. The second kappa shape index (κ2) is 8.77. The Morgan fingerprint density at radius 2 is 1.67 bits per heavy atom. The number of anilines is 2. The van der Waals surface area contributed by atoms with E-state index in [0.29, 0.717) is 15.9 Å². The Bertz CT molecular complexity index is 1220. The van der Waals surface area contributed by atoms with Crippen molar-refractivity contribution in [3.05, 3.63) is 99.1 Å². The van der Waals surface area contributed by atoms with E-state index in [1.165, 1.54) is 16.4 Å². The molecule has 0 unspecified atom stereocenters. The van der Waals surface area contributed by atoms with E-state index in [1.54, 1.807) is 17.1 Å². The third kappa shape index (κ3) is 4.13. The number of rotatable bonds is 6. The first-order chi connectivity index (χ1) is 14.5. The Morgan fingerprint density at radius 1 is 0.967 bits per heavy atom. The summed E-state index contributed by atoms with van der Waals surface area (Å²) >= 11 is 7.68. The highest BCUT2D eigenvalue weighted by Gasteiger charge is 2.16. The molecule has 30 heavy (non-hydrogen) atoms. The number of hydrogen-bond donors (Lipinski definition) is 1. The van der Waals surface area contributed by atoms with Gasteiger partial charge in [-0.25, -0.2) is 0 Å². The van der Waals surface area contributed by atoms with Crippen molar-refractivity contribution < 1.29 is 0 Å². The van der Waals surface area contributed by atoms with E-state index in [0.717, 1.165) is 22.4 Å². The minimum Gasteiger partial charge on any atom is -0.334 e. The standard InChI is InChI=1S/C22H20ClN5OS/c1-15-8-7-9-16(2)19(15)24-20-21(29)28(27-12-5-6-13-27)22(26-25-20)30-14-17-10-3-4-11-18(17)23/h3-13H,14H2,1-2H3,(H,24,25). The van der Waals surface area contributed by atoms with Crippen LogP contribution in [0.5, 0.6) is 0 Å². The van der Waals surface area contributed by atoms with Crippen molar-refractivity contribution in [1.29, 1.82) is 0 Å². The molecular formula is C22H20ClN5OS. The molecule has 6 nitrogen and oxygen atoms in total. The molecule has 2 aromatic carbocycles. The molecule has 0 fully saturated rings. The molecule has 0 spiro atoms. The SMILES string of the molecule is Cc1cccc(C)c1Nc1nnc(SCc2ccccc2Cl)n(-n2cccc2)c1=O. The summed E-state index contributed by atoms with van der Waals surface area (Å²) in [4.78, 5) is 13.3. The molecule has 0 aliphatic rings. The molecule has 8 heteroatoms. The van der Waals surface area contributed by atoms with Crippen LogP contribution in [0.2, 0.25) is 5.02 Å². The highest BCUT2D eigenvalue weighted by atomic mass is 35.5. The number of halogens is 1. The fraction of sp³-hybridized carbons (Fsp3) is 0.136. The summed E-state index contributed by atoms with van der Waals surface area (Å²) in [5.74, 6) is 0.738. The lowest BCUT2D eigenvalue weighted by molar-refractivity contribution is 0.533. The maximum absolute atomic E-state index is 13.3. The van der Waals surface area contributed by atoms with Crippen molar-refractivity contribution >= 4 is 34.9 Å². The topological polar surface area (TPSA) is 64.7 Å². The van der Waals surface area contributed by atoms with E-state index >= 15 is 0 Å². The number of para-hydroxylation sites is 1. The second-order valence-corrected chi connectivity index (χ2v) is 8.13. The average molecular weight is 438 g/mol. The molecule has 0 bridgehead atoms. The molecule has 2 aromatic heterocycles. The largest absolute Gasteiger partial charge is 0.334 e. The molecule has 4 aromatic rings. The lowest BCUT2D eigenvalue weighted by Gasteiger charge is -2.15. The molecule has 0 saturated carbocycles. The van der Waals surface area contributed by atoms with Crippen LogP contribution in [0.15, 0.2) is 76.9 Å². The van der Waals surface area contributed by atoms with Gasteiger partial charge in [0.25, 0.3) is 0 Å². The summed E-state index contributed by atoms with van der Waals surface area (Å²) in [5.41, 5.74) is 3.60. The lowest BCUT2D eigenvalue weighted by atomic mass is 10.1. The van der Waals surface area contributed by atoms with Gasteiger partial charge in [0.15, 0.2) is 0 Å². The van der Waals surface area contributed by atoms with Gasteiger partial charge in [-0.15, -0.1) is 10.2 Å². The summed E-state index contributed by atoms with van der Waals surface area (Å²) in [6, 6.07) is 17.3. The highest BCUT2D eigenvalue weighted by molar-refractivity contribution is 7.98. The highest BCUT2D eigenvalue weighted by Crippen LogP contribution is 2.26. The quantitative estimate of drug-likeness (QED) is 0.427. The molecule has 0 radical (unpaired) electrons. The van der Waals surface area contributed by atoms with Gasteiger partial charge in [0.2, 0.25) is 11.0 Å². The zero-order valence-corrected chi connectivity index (χ0v) is 18.1. The number of nitrogens with zero attached hydrogens (tertiary/aromatic N) is 4.